The molecular formula is C9H10BrN3O3. The van der Waals surface area contributed by atoms with Gasteiger partial charge in [0.1, 0.15) is 0 Å². The minimum atomic E-state index is -0.775. The quantitative estimate of drug-likeness (QED) is 0.656. The van der Waals surface area contributed by atoms with E-state index < -0.39 is 10.5 Å². The Morgan fingerprint density at radius 1 is 1.69 bits per heavy atom. The molecule has 1 aromatic heterocycles. The van der Waals surface area contributed by atoms with Crippen LogP contribution in [-0.2, 0) is 0 Å². The summed E-state index contributed by atoms with van der Waals surface area (Å²) >= 11 is 3.14. The monoisotopic (exact) mass is 287 g/mol. The molecule has 2 heterocycles. The molecule has 0 bridgehead atoms. The van der Waals surface area contributed by atoms with Crippen LogP contribution in [0.2, 0.25) is 0 Å². The first-order valence-electron chi connectivity index (χ1n) is 4.66. The summed E-state index contributed by atoms with van der Waals surface area (Å²) < 4.78 is 0.565. The second-order valence-electron chi connectivity index (χ2n) is 4.11. The number of rotatable bonds is 2. The van der Waals surface area contributed by atoms with Crippen LogP contribution in [0.5, 0.6) is 0 Å². The van der Waals surface area contributed by atoms with Crippen molar-refractivity contribution in [2.45, 2.75) is 12.5 Å². The van der Waals surface area contributed by atoms with Crippen LogP contribution in [0.3, 0.4) is 0 Å². The fraction of sp³-hybridized carbons (Fsp3) is 0.444. The molecule has 0 aliphatic carbocycles. The van der Waals surface area contributed by atoms with Gasteiger partial charge in [0, 0.05) is 29.8 Å². The molecule has 0 unspecified atom stereocenters. The lowest BCUT2D eigenvalue weighted by Gasteiger charge is -2.44. The average Bonchev–Trinajstić information content (AvgIpc) is 2.14. The predicted molar refractivity (Wildman–Crippen MR) is 61.4 cm³/mol. The molecule has 86 valence electrons. The van der Waals surface area contributed by atoms with E-state index in [1.807, 2.05) is 0 Å². The van der Waals surface area contributed by atoms with Gasteiger partial charge in [-0.05, 0) is 22.9 Å². The largest absolute Gasteiger partial charge is 0.386 e. The van der Waals surface area contributed by atoms with Crippen LogP contribution in [-0.4, -0.2) is 33.7 Å². The number of nitrogens with zero attached hydrogens (tertiary/aromatic N) is 3. The van der Waals surface area contributed by atoms with E-state index in [4.69, 9.17) is 0 Å². The number of aromatic nitrogens is 1. The maximum Gasteiger partial charge on any atom is 0.312 e. The van der Waals surface area contributed by atoms with Crippen LogP contribution in [0.15, 0.2) is 16.7 Å². The molecule has 0 aromatic carbocycles. The van der Waals surface area contributed by atoms with Gasteiger partial charge in [0.05, 0.1) is 10.5 Å². The Morgan fingerprint density at radius 2 is 2.31 bits per heavy atom. The molecule has 2 rings (SSSR count). The third-order valence-corrected chi connectivity index (χ3v) is 2.81. The van der Waals surface area contributed by atoms with E-state index in [9.17, 15) is 15.2 Å². The fourth-order valence-corrected chi connectivity index (χ4v) is 2.04. The second kappa shape index (κ2) is 3.67. The first-order chi connectivity index (χ1) is 7.39. The Kier molecular flexibility index (Phi) is 2.59. The number of β-amino-alcohol motifs (C(OH)–C–C–N with tert-alkyl or cyclic N) is 1. The van der Waals surface area contributed by atoms with Crippen molar-refractivity contribution in [3.05, 3.63) is 26.9 Å². The molecule has 0 atom stereocenters. The van der Waals surface area contributed by atoms with Gasteiger partial charge in [0.25, 0.3) is 0 Å². The van der Waals surface area contributed by atoms with E-state index in [2.05, 4.69) is 20.9 Å². The standard InChI is InChI=1S/C9H10BrN3O3/c1-9(14)4-12(5-9)8-7(13(15)16)2-6(10)3-11-8/h2-3,14H,4-5H2,1H3. The van der Waals surface area contributed by atoms with Gasteiger partial charge in [-0.25, -0.2) is 4.98 Å². The lowest BCUT2D eigenvalue weighted by atomic mass is 9.97. The molecule has 7 heteroatoms. The van der Waals surface area contributed by atoms with Crippen LogP contribution in [0.25, 0.3) is 0 Å². The number of halogens is 1. The third kappa shape index (κ3) is 2.00. The summed E-state index contributed by atoms with van der Waals surface area (Å²) in [5.41, 5.74) is -0.826. The first-order valence-corrected chi connectivity index (χ1v) is 5.46. The van der Waals surface area contributed by atoms with E-state index in [-0.39, 0.29) is 5.69 Å². The van der Waals surface area contributed by atoms with Gasteiger partial charge in [-0.3, -0.25) is 10.1 Å². The molecule has 0 saturated carbocycles. The van der Waals surface area contributed by atoms with Gasteiger partial charge in [-0.2, -0.15) is 0 Å². The fourth-order valence-electron chi connectivity index (χ4n) is 1.73. The molecule has 0 amide bonds. The molecule has 6 nitrogen and oxygen atoms in total. The van der Waals surface area contributed by atoms with Crippen LogP contribution < -0.4 is 4.90 Å². The average molecular weight is 288 g/mol. The zero-order chi connectivity index (χ0) is 11.9. The summed E-state index contributed by atoms with van der Waals surface area (Å²) in [5, 5.41) is 20.4. The second-order valence-corrected chi connectivity index (χ2v) is 5.02. The summed E-state index contributed by atoms with van der Waals surface area (Å²) in [7, 11) is 0. The van der Waals surface area contributed by atoms with Crippen molar-refractivity contribution in [2.75, 3.05) is 18.0 Å². The van der Waals surface area contributed by atoms with Crippen molar-refractivity contribution >= 4 is 27.4 Å². The van der Waals surface area contributed by atoms with E-state index in [1.54, 1.807) is 11.8 Å². The topological polar surface area (TPSA) is 79.5 Å². The molecule has 0 spiro atoms. The van der Waals surface area contributed by atoms with Gasteiger partial charge >= 0.3 is 5.69 Å². The van der Waals surface area contributed by atoms with E-state index in [0.29, 0.717) is 23.4 Å². The zero-order valence-electron chi connectivity index (χ0n) is 8.55. The number of hydrogen-bond acceptors (Lipinski definition) is 5. The summed E-state index contributed by atoms with van der Waals surface area (Å²) in [6.07, 6.45) is 1.51. The molecule has 1 aromatic rings. The van der Waals surface area contributed by atoms with Gasteiger partial charge in [0.2, 0.25) is 5.82 Å². The molecule has 1 fully saturated rings. The molecule has 1 N–H and O–H groups in total. The number of anilines is 1. The number of hydrogen-bond donors (Lipinski definition) is 1. The Bertz CT molecular complexity index is 442. The van der Waals surface area contributed by atoms with Gasteiger partial charge in [-0.15, -0.1) is 0 Å². The van der Waals surface area contributed by atoms with E-state index in [0.717, 1.165) is 0 Å². The van der Waals surface area contributed by atoms with Gasteiger partial charge in [-0.1, -0.05) is 0 Å². The van der Waals surface area contributed by atoms with Crippen molar-refractivity contribution in [1.29, 1.82) is 0 Å². The van der Waals surface area contributed by atoms with Crippen LogP contribution >= 0.6 is 15.9 Å². The highest BCUT2D eigenvalue weighted by molar-refractivity contribution is 9.10. The SMILES string of the molecule is CC1(O)CN(c2ncc(Br)cc2[N+](=O)[O-])C1. The van der Waals surface area contributed by atoms with E-state index in [1.165, 1.54) is 12.3 Å². The highest BCUT2D eigenvalue weighted by atomic mass is 79.9. The van der Waals surface area contributed by atoms with Gasteiger partial charge in [0.15, 0.2) is 0 Å². The Balaban J connectivity index is 2.31. The molecule has 16 heavy (non-hydrogen) atoms. The molecule has 0 radical (unpaired) electrons. The van der Waals surface area contributed by atoms with Crippen LogP contribution in [0.4, 0.5) is 11.5 Å². The molecule has 1 aliphatic heterocycles. The molecule has 1 saturated heterocycles. The third-order valence-electron chi connectivity index (χ3n) is 2.37. The van der Waals surface area contributed by atoms with E-state index >= 15 is 0 Å². The zero-order valence-corrected chi connectivity index (χ0v) is 10.1. The highest BCUT2D eigenvalue weighted by Crippen LogP contribution is 2.33. The van der Waals surface area contributed by atoms with Crippen molar-refractivity contribution in [3.63, 3.8) is 0 Å². The lowest BCUT2D eigenvalue weighted by Crippen LogP contribution is -2.60. The molecular weight excluding hydrogens is 278 g/mol. The summed E-state index contributed by atoms with van der Waals surface area (Å²) in [4.78, 5) is 16.1. The predicted octanol–water partition coefficient (Wildman–Crippen LogP) is 1.32. The Labute approximate surface area is 100 Å². The Hall–Kier alpha value is -1.21. The summed E-state index contributed by atoms with van der Waals surface area (Å²) in [6, 6.07) is 1.41. The van der Waals surface area contributed by atoms with Crippen LogP contribution in [0, 0.1) is 10.1 Å². The summed E-state index contributed by atoms with van der Waals surface area (Å²) in [5.74, 6) is 0.305. The maximum absolute atomic E-state index is 10.8. The minimum absolute atomic E-state index is 0.0510. The maximum atomic E-state index is 10.8. The van der Waals surface area contributed by atoms with Crippen LogP contribution in [0.1, 0.15) is 6.92 Å². The van der Waals surface area contributed by atoms with Crippen molar-refractivity contribution in [3.8, 4) is 0 Å². The normalized spacial score (nSPS) is 18.1. The number of pyridine rings is 1. The number of aliphatic hydroxyl groups is 1. The Morgan fingerprint density at radius 3 is 2.81 bits per heavy atom. The lowest BCUT2D eigenvalue weighted by molar-refractivity contribution is -0.384. The summed E-state index contributed by atoms with van der Waals surface area (Å²) in [6.45, 7) is 2.42. The van der Waals surface area contributed by atoms with Crippen molar-refractivity contribution in [2.24, 2.45) is 0 Å². The highest BCUT2D eigenvalue weighted by Gasteiger charge is 2.40. The minimum Gasteiger partial charge on any atom is -0.386 e. The van der Waals surface area contributed by atoms with Gasteiger partial charge < -0.3 is 10.0 Å². The van der Waals surface area contributed by atoms with Crippen molar-refractivity contribution < 1.29 is 10.0 Å². The number of nitro groups is 1. The van der Waals surface area contributed by atoms with Crippen molar-refractivity contribution in [1.82, 2.24) is 4.98 Å². The first kappa shape index (κ1) is 11.3. The smallest absolute Gasteiger partial charge is 0.312 e. The molecule has 1 aliphatic rings.